The second-order valence-electron chi connectivity index (χ2n) is 11.7. The number of carbonyl (C=O) groups excluding carboxylic acids is 1. The molecule has 4 aromatic rings. The number of ether oxygens (including phenoxy) is 1. The van der Waals surface area contributed by atoms with Crippen molar-refractivity contribution >= 4 is 16.9 Å². The molecule has 0 bridgehead atoms. The zero-order valence-electron chi connectivity index (χ0n) is 25.3. The SMILES string of the molecule is CCN1CCN(Cc2ccc(CC(=O)N3CCc4c(C#N)cc(Oc5ccnc6[nH]ccc56)cc4C3C)cc2C(F)(F)F)CC1. The van der Waals surface area contributed by atoms with Gasteiger partial charge < -0.3 is 19.5 Å². The van der Waals surface area contributed by atoms with Gasteiger partial charge in [-0.2, -0.15) is 18.4 Å². The van der Waals surface area contributed by atoms with Crippen LogP contribution >= 0.6 is 0 Å². The van der Waals surface area contributed by atoms with Crippen molar-refractivity contribution in [2.45, 2.75) is 45.5 Å². The summed E-state index contributed by atoms with van der Waals surface area (Å²) in [4.78, 5) is 26.9. The summed E-state index contributed by atoms with van der Waals surface area (Å²) in [5.74, 6) is 0.771. The number of aromatic amines is 1. The first-order chi connectivity index (χ1) is 21.6. The number of amides is 1. The molecule has 4 heterocycles. The van der Waals surface area contributed by atoms with Crippen LogP contribution < -0.4 is 4.74 Å². The Morgan fingerprint density at radius 1 is 1.09 bits per heavy atom. The molecule has 1 unspecified atom stereocenters. The number of fused-ring (bicyclic) bond motifs is 2. The molecule has 0 saturated carbocycles. The molecule has 2 aromatic heterocycles. The van der Waals surface area contributed by atoms with E-state index >= 15 is 0 Å². The zero-order chi connectivity index (χ0) is 31.7. The fraction of sp³-hybridized carbons (Fsp3) is 0.382. The highest BCUT2D eigenvalue weighted by Gasteiger charge is 2.35. The van der Waals surface area contributed by atoms with Crippen molar-refractivity contribution in [3.8, 4) is 17.6 Å². The van der Waals surface area contributed by atoms with E-state index in [-0.39, 0.29) is 24.4 Å². The van der Waals surface area contributed by atoms with E-state index in [9.17, 15) is 23.2 Å². The minimum atomic E-state index is -4.53. The number of nitriles is 1. The molecule has 6 rings (SSSR count). The minimum absolute atomic E-state index is 0.151. The molecule has 2 aliphatic heterocycles. The molecule has 0 spiro atoms. The van der Waals surface area contributed by atoms with Crippen LogP contribution in [0.5, 0.6) is 11.5 Å². The molecule has 45 heavy (non-hydrogen) atoms. The number of pyridine rings is 1. The van der Waals surface area contributed by atoms with E-state index in [1.807, 2.05) is 19.1 Å². The molecule has 234 valence electrons. The van der Waals surface area contributed by atoms with E-state index in [0.717, 1.165) is 55.3 Å². The standard InChI is InChI=1S/C34H35F3N6O2/c1-3-41-12-14-42(15-13-41)21-24-5-4-23(16-30(24)34(35,36)37)17-32(44)43-11-8-27-25(20-38)18-26(19-29(27)22(43)2)45-31-7-10-40-33-28(31)6-9-39-33/h4-7,9-10,16,18-19,22H,3,8,11-15,17,21H2,1-2H3,(H,39,40). The Morgan fingerprint density at radius 2 is 1.87 bits per heavy atom. The number of rotatable bonds is 7. The fourth-order valence-electron chi connectivity index (χ4n) is 6.48. The van der Waals surface area contributed by atoms with Crippen LogP contribution in [-0.4, -0.2) is 69.8 Å². The number of carbonyl (C=O) groups is 1. The van der Waals surface area contributed by atoms with Crippen molar-refractivity contribution < 1.29 is 22.7 Å². The highest BCUT2D eigenvalue weighted by atomic mass is 19.4. The molecule has 1 N–H and O–H groups in total. The van der Waals surface area contributed by atoms with Crippen molar-refractivity contribution in [1.82, 2.24) is 24.7 Å². The molecule has 2 aromatic carbocycles. The zero-order valence-corrected chi connectivity index (χ0v) is 25.3. The Labute approximate surface area is 260 Å². The quantitative estimate of drug-likeness (QED) is 0.271. The Hall–Kier alpha value is -4.40. The number of benzene rings is 2. The van der Waals surface area contributed by atoms with E-state index in [1.165, 1.54) is 6.07 Å². The fourth-order valence-corrected chi connectivity index (χ4v) is 6.48. The lowest BCUT2D eigenvalue weighted by atomic mass is 9.89. The van der Waals surface area contributed by atoms with Gasteiger partial charge in [0.25, 0.3) is 0 Å². The maximum Gasteiger partial charge on any atom is 0.416 e. The Bertz CT molecular complexity index is 1750. The lowest BCUT2D eigenvalue weighted by molar-refractivity contribution is -0.139. The van der Waals surface area contributed by atoms with Gasteiger partial charge in [-0.15, -0.1) is 0 Å². The predicted molar refractivity (Wildman–Crippen MR) is 164 cm³/mol. The first kappa shape index (κ1) is 30.6. The number of likely N-dealkylation sites (N-methyl/N-ethyl adjacent to an activating group) is 1. The van der Waals surface area contributed by atoms with E-state index in [4.69, 9.17) is 4.74 Å². The maximum atomic E-state index is 14.2. The monoisotopic (exact) mass is 616 g/mol. The van der Waals surface area contributed by atoms with Crippen LogP contribution in [0.15, 0.2) is 54.9 Å². The summed E-state index contributed by atoms with van der Waals surface area (Å²) >= 11 is 0. The highest BCUT2D eigenvalue weighted by molar-refractivity contribution is 5.83. The summed E-state index contributed by atoms with van der Waals surface area (Å²) in [6.07, 6.45) is -0.817. The second kappa shape index (κ2) is 12.5. The number of H-pyrrole nitrogens is 1. The Kier molecular flexibility index (Phi) is 8.53. The number of nitrogens with one attached hydrogen (secondary N) is 1. The van der Waals surface area contributed by atoms with Gasteiger partial charge in [0.15, 0.2) is 0 Å². The summed E-state index contributed by atoms with van der Waals surface area (Å²) in [7, 11) is 0. The van der Waals surface area contributed by atoms with Crippen LogP contribution in [0.2, 0.25) is 0 Å². The molecule has 0 radical (unpaired) electrons. The first-order valence-corrected chi connectivity index (χ1v) is 15.2. The number of hydrogen-bond acceptors (Lipinski definition) is 6. The van der Waals surface area contributed by atoms with Crippen LogP contribution in [0, 0.1) is 11.3 Å². The van der Waals surface area contributed by atoms with Gasteiger partial charge in [-0.25, -0.2) is 4.98 Å². The third-order valence-corrected chi connectivity index (χ3v) is 9.01. The van der Waals surface area contributed by atoms with E-state index < -0.39 is 17.8 Å². The van der Waals surface area contributed by atoms with Crippen molar-refractivity contribution in [1.29, 1.82) is 5.26 Å². The van der Waals surface area contributed by atoms with Crippen molar-refractivity contribution in [2.75, 3.05) is 39.3 Å². The summed E-state index contributed by atoms with van der Waals surface area (Å²) in [6.45, 7) is 8.60. The number of alkyl halides is 3. The van der Waals surface area contributed by atoms with Crippen LogP contribution in [0.1, 0.15) is 53.3 Å². The van der Waals surface area contributed by atoms with Crippen molar-refractivity contribution in [3.05, 3.63) is 88.2 Å². The largest absolute Gasteiger partial charge is 0.456 e. The third-order valence-electron chi connectivity index (χ3n) is 9.01. The average molecular weight is 617 g/mol. The molecular weight excluding hydrogens is 581 g/mol. The van der Waals surface area contributed by atoms with Gasteiger partial charge in [0.1, 0.15) is 17.1 Å². The predicted octanol–water partition coefficient (Wildman–Crippen LogP) is 6.07. The maximum absolute atomic E-state index is 14.2. The van der Waals surface area contributed by atoms with E-state index in [0.29, 0.717) is 41.2 Å². The molecule has 8 nitrogen and oxygen atoms in total. The van der Waals surface area contributed by atoms with Gasteiger partial charge in [0.2, 0.25) is 5.91 Å². The first-order valence-electron chi connectivity index (χ1n) is 15.2. The van der Waals surface area contributed by atoms with Gasteiger partial charge in [0, 0.05) is 51.7 Å². The van der Waals surface area contributed by atoms with Crippen LogP contribution in [0.25, 0.3) is 11.0 Å². The van der Waals surface area contributed by atoms with Crippen molar-refractivity contribution in [2.24, 2.45) is 0 Å². The minimum Gasteiger partial charge on any atom is -0.456 e. The molecule has 0 aliphatic carbocycles. The lowest BCUT2D eigenvalue weighted by Crippen LogP contribution is -2.45. The van der Waals surface area contributed by atoms with Crippen LogP contribution in [0.3, 0.4) is 0 Å². The van der Waals surface area contributed by atoms with Gasteiger partial charge in [-0.05, 0) is 72.5 Å². The summed E-state index contributed by atoms with van der Waals surface area (Å²) < 4.78 is 48.8. The van der Waals surface area contributed by atoms with Gasteiger partial charge in [-0.1, -0.05) is 19.1 Å². The normalized spacial score (nSPS) is 17.7. The van der Waals surface area contributed by atoms with Crippen LogP contribution in [0.4, 0.5) is 13.2 Å². The van der Waals surface area contributed by atoms with E-state index in [1.54, 1.807) is 35.5 Å². The second-order valence-corrected chi connectivity index (χ2v) is 11.7. The summed E-state index contributed by atoms with van der Waals surface area (Å²) in [6, 6.07) is 13.3. The smallest absolute Gasteiger partial charge is 0.416 e. The number of halogens is 3. The number of piperazine rings is 1. The van der Waals surface area contributed by atoms with Gasteiger partial charge in [0.05, 0.1) is 35.0 Å². The number of hydrogen-bond donors (Lipinski definition) is 1. The van der Waals surface area contributed by atoms with Gasteiger partial charge in [-0.3, -0.25) is 9.69 Å². The topological polar surface area (TPSA) is 88.5 Å². The average Bonchev–Trinajstić information content (AvgIpc) is 3.52. The van der Waals surface area contributed by atoms with Crippen molar-refractivity contribution in [3.63, 3.8) is 0 Å². The number of nitrogens with zero attached hydrogens (tertiary/aromatic N) is 5. The number of aromatic nitrogens is 2. The van der Waals surface area contributed by atoms with Crippen LogP contribution in [-0.2, 0) is 30.4 Å². The third kappa shape index (κ3) is 6.39. The Morgan fingerprint density at radius 3 is 2.60 bits per heavy atom. The molecule has 1 atom stereocenters. The Balaban J connectivity index is 1.20. The van der Waals surface area contributed by atoms with E-state index in [2.05, 4.69) is 32.8 Å². The van der Waals surface area contributed by atoms with Gasteiger partial charge >= 0.3 is 6.18 Å². The molecule has 2 aliphatic rings. The summed E-state index contributed by atoms with van der Waals surface area (Å²) in [5.41, 5.74) is 2.66. The molecular formula is C34H35F3N6O2. The molecule has 1 fully saturated rings. The lowest BCUT2D eigenvalue weighted by Gasteiger charge is -2.36. The summed E-state index contributed by atoms with van der Waals surface area (Å²) in [5, 5.41) is 10.7. The molecule has 11 heteroatoms. The highest BCUT2D eigenvalue weighted by Crippen LogP contribution is 2.38. The molecule has 1 amide bonds. The molecule has 1 saturated heterocycles.